The predicted octanol–water partition coefficient (Wildman–Crippen LogP) is 5.74. The van der Waals surface area contributed by atoms with Gasteiger partial charge in [-0.15, -0.1) is 0 Å². The fourth-order valence-electron chi connectivity index (χ4n) is 3.15. The molecule has 0 radical (unpaired) electrons. The first kappa shape index (κ1) is 16.5. The average molecular weight is 277 g/mol. The van der Waals surface area contributed by atoms with Crippen molar-refractivity contribution in [2.75, 3.05) is 0 Å². The third-order valence-electron chi connectivity index (χ3n) is 4.41. The lowest BCUT2D eigenvalue weighted by atomic mass is 10.4. The van der Waals surface area contributed by atoms with Crippen LogP contribution in [0.3, 0.4) is 0 Å². The maximum Gasteiger partial charge on any atom is 0.0867 e. The Morgan fingerprint density at radius 1 is 0.684 bits per heavy atom. The highest BCUT2D eigenvalue weighted by Crippen LogP contribution is 2.28. The van der Waals surface area contributed by atoms with E-state index in [-0.39, 0.29) is 0 Å². The molecule has 0 bridgehead atoms. The number of hydrogen-bond acceptors (Lipinski definition) is 0. The van der Waals surface area contributed by atoms with Crippen LogP contribution in [0.2, 0.25) is 18.1 Å². The van der Waals surface area contributed by atoms with E-state index in [1.54, 1.807) is 5.19 Å². The van der Waals surface area contributed by atoms with Gasteiger partial charge in [-0.25, -0.2) is 0 Å². The molecule has 1 aromatic carbocycles. The number of rotatable bonds is 10. The Hall–Kier alpha value is -0.563. The number of hydrogen-bond donors (Lipinski definition) is 0. The minimum atomic E-state index is -1.23. The van der Waals surface area contributed by atoms with Crippen molar-refractivity contribution in [3.63, 3.8) is 0 Å². The van der Waals surface area contributed by atoms with E-state index in [9.17, 15) is 0 Å². The molecular weight excluding hydrogens is 244 g/mol. The van der Waals surface area contributed by atoms with Gasteiger partial charge in [0.05, 0.1) is 8.07 Å². The van der Waals surface area contributed by atoms with Crippen molar-refractivity contribution < 1.29 is 0 Å². The van der Waals surface area contributed by atoms with Crippen LogP contribution < -0.4 is 5.19 Å². The van der Waals surface area contributed by atoms with Crippen LogP contribution in [0.15, 0.2) is 30.3 Å². The monoisotopic (exact) mass is 276 g/mol. The molecular formula is C18H32Si. The molecule has 0 unspecified atom stereocenters. The molecule has 19 heavy (non-hydrogen) atoms. The van der Waals surface area contributed by atoms with E-state index in [0.717, 1.165) is 0 Å². The quantitative estimate of drug-likeness (QED) is 0.478. The molecule has 0 aromatic heterocycles. The van der Waals surface area contributed by atoms with E-state index in [2.05, 4.69) is 51.1 Å². The standard InChI is InChI=1S/C18H32Si/c1-4-7-15-19(16-8-5-2,17-9-6-3)18-13-11-10-12-14-18/h10-14H,4-9,15-17H2,1-3H3. The molecule has 0 N–H and O–H groups in total. The third kappa shape index (κ3) is 5.14. The van der Waals surface area contributed by atoms with Gasteiger partial charge in [-0.1, -0.05) is 113 Å². The van der Waals surface area contributed by atoms with Gasteiger partial charge < -0.3 is 0 Å². The van der Waals surface area contributed by atoms with Gasteiger partial charge in [-0.05, 0) is 0 Å². The van der Waals surface area contributed by atoms with Crippen LogP contribution in [0.5, 0.6) is 0 Å². The molecule has 0 amide bonds. The highest BCUT2D eigenvalue weighted by molar-refractivity contribution is 6.91. The second kappa shape index (κ2) is 9.36. The zero-order valence-corrected chi connectivity index (χ0v) is 14.3. The molecule has 0 fully saturated rings. The van der Waals surface area contributed by atoms with E-state index < -0.39 is 8.07 Å². The van der Waals surface area contributed by atoms with Crippen molar-refractivity contribution in [3.05, 3.63) is 30.3 Å². The Bertz CT molecular complexity index is 296. The molecule has 0 aliphatic heterocycles. The summed E-state index contributed by atoms with van der Waals surface area (Å²) in [5.41, 5.74) is 0. The third-order valence-corrected chi connectivity index (χ3v) is 9.90. The van der Waals surface area contributed by atoms with Gasteiger partial charge in [0.1, 0.15) is 0 Å². The van der Waals surface area contributed by atoms with Crippen molar-refractivity contribution in [1.29, 1.82) is 0 Å². The maximum atomic E-state index is 2.42. The summed E-state index contributed by atoms with van der Waals surface area (Å²) in [7, 11) is -1.23. The van der Waals surface area contributed by atoms with Crippen LogP contribution in [0, 0.1) is 0 Å². The molecule has 108 valence electrons. The van der Waals surface area contributed by atoms with Crippen LogP contribution in [-0.2, 0) is 0 Å². The van der Waals surface area contributed by atoms with Crippen LogP contribution in [0.25, 0.3) is 0 Å². The van der Waals surface area contributed by atoms with Crippen molar-refractivity contribution in [3.8, 4) is 0 Å². The molecule has 0 saturated carbocycles. The lowest BCUT2D eigenvalue weighted by Crippen LogP contribution is -2.47. The Labute approximate surface area is 121 Å². The van der Waals surface area contributed by atoms with Crippen molar-refractivity contribution >= 4 is 13.3 Å². The molecule has 0 spiro atoms. The Morgan fingerprint density at radius 3 is 1.47 bits per heavy atom. The Kier molecular flexibility index (Phi) is 8.12. The SMILES string of the molecule is CCCC[Si](CCCC)(CCCC)c1ccccc1. The molecule has 0 aliphatic carbocycles. The van der Waals surface area contributed by atoms with Crippen LogP contribution in [0.4, 0.5) is 0 Å². The topological polar surface area (TPSA) is 0 Å². The molecule has 1 heteroatoms. The smallest absolute Gasteiger partial charge is 0.0654 e. The van der Waals surface area contributed by atoms with Crippen LogP contribution >= 0.6 is 0 Å². The van der Waals surface area contributed by atoms with Crippen LogP contribution in [-0.4, -0.2) is 8.07 Å². The van der Waals surface area contributed by atoms with Gasteiger partial charge in [-0.2, -0.15) is 0 Å². The summed E-state index contributed by atoms with van der Waals surface area (Å²) in [6.07, 6.45) is 8.32. The van der Waals surface area contributed by atoms with Crippen molar-refractivity contribution in [1.82, 2.24) is 0 Å². The summed E-state index contributed by atoms with van der Waals surface area (Å²) in [6, 6.07) is 16.0. The van der Waals surface area contributed by atoms with Crippen molar-refractivity contribution in [2.45, 2.75) is 77.4 Å². The first-order valence-electron chi connectivity index (χ1n) is 8.34. The summed E-state index contributed by atoms with van der Waals surface area (Å²) >= 11 is 0. The largest absolute Gasteiger partial charge is 0.0867 e. The molecule has 0 heterocycles. The van der Waals surface area contributed by atoms with E-state index in [1.165, 1.54) is 56.7 Å². The molecule has 0 saturated heterocycles. The first-order chi connectivity index (χ1) is 9.29. The number of unbranched alkanes of at least 4 members (excludes halogenated alkanes) is 3. The van der Waals surface area contributed by atoms with Crippen LogP contribution in [0.1, 0.15) is 59.3 Å². The summed E-state index contributed by atoms with van der Waals surface area (Å²) in [6.45, 7) is 7.01. The summed E-state index contributed by atoms with van der Waals surface area (Å²) in [5.74, 6) is 0. The fourth-order valence-corrected chi connectivity index (χ4v) is 8.75. The average Bonchev–Trinajstić information content (AvgIpc) is 2.48. The van der Waals surface area contributed by atoms with Gasteiger partial charge in [0.2, 0.25) is 0 Å². The fraction of sp³-hybridized carbons (Fsp3) is 0.667. The van der Waals surface area contributed by atoms with E-state index in [1.807, 2.05) is 0 Å². The van der Waals surface area contributed by atoms with E-state index in [4.69, 9.17) is 0 Å². The second-order valence-corrected chi connectivity index (χ2v) is 10.6. The van der Waals surface area contributed by atoms with Gasteiger partial charge in [-0.3, -0.25) is 0 Å². The lowest BCUT2D eigenvalue weighted by molar-refractivity contribution is 0.800. The highest BCUT2D eigenvalue weighted by atomic mass is 28.3. The molecule has 1 rings (SSSR count). The number of benzene rings is 1. The summed E-state index contributed by atoms with van der Waals surface area (Å²) < 4.78 is 0. The maximum absolute atomic E-state index is 2.42. The predicted molar refractivity (Wildman–Crippen MR) is 91.0 cm³/mol. The zero-order chi connectivity index (χ0) is 14.0. The Balaban J connectivity index is 2.94. The van der Waals surface area contributed by atoms with Gasteiger partial charge >= 0.3 is 0 Å². The summed E-state index contributed by atoms with van der Waals surface area (Å²) in [4.78, 5) is 0. The molecule has 0 nitrogen and oxygen atoms in total. The van der Waals surface area contributed by atoms with Gasteiger partial charge in [0.25, 0.3) is 0 Å². The minimum absolute atomic E-state index is 1.23. The van der Waals surface area contributed by atoms with Crippen molar-refractivity contribution in [2.24, 2.45) is 0 Å². The Morgan fingerprint density at radius 2 is 1.11 bits per heavy atom. The van der Waals surface area contributed by atoms with Gasteiger partial charge in [0.15, 0.2) is 0 Å². The molecule has 0 aliphatic rings. The zero-order valence-electron chi connectivity index (χ0n) is 13.3. The normalized spacial score (nSPS) is 11.7. The second-order valence-electron chi connectivity index (χ2n) is 5.96. The highest BCUT2D eigenvalue weighted by Gasteiger charge is 2.32. The minimum Gasteiger partial charge on any atom is -0.0654 e. The molecule has 0 atom stereocenters. The summed E-state index contributed by atoms with van der Waals surface area (Å²) in [5, 5.41) is 1.73. The lowest BCUT2D eigenvalue weighted by Gasteiger charge is -2.33. The molecule has 1 aromatic rings. The van der Waals surface area contributed by atoms with Gasteiger partial charge in [0, 0.05) is 0 Å². The first-order valence-corrected chi connectivity index (χ1v) is 11.0. The van der Waals surface area contributed by atoms with E-state index >= 15 is 0 Å². The van der Waals surface area contributed by atoms with E-state index in [0.29, 0.717) is 0 Å².